The van der Waals surface area contributed by atoms with E-state index in [1.165, 1.54) is 0 Å². The van der Waals surface area contributed by atoms with Crippen LogP contribution in [0.3, 0.4) is 0 Å². The molecule has 1 fully saturated rings. The van der Waals surface area contributed by atoms with Gasteiger partial charge in [-0.1, -0.05) is 109 Å². The minimum absolute atomic E-state index is 0.134. The van der Waals surface area contributed by atoms with Crippen LogP contribution in [0.25, 0.3) is 0 Å². The second-order valence-corrected chi connectivity index (χ2v) is 10.3. The van der Waals surface area contributed by atoms with Gasteiger partial charge in [0.25, 0.3) is 0 Å². The maximum absolute atomic E-state index is 13.2. The number of hydrogen-bond acceptors (Lipinski definition) is 7. The Balaban J connectivity index is 1.39. The Morgan fingerprint density at radius 2 is 1.17 bits per heavy atom. The van der Waals surface area contributed by atoms with E-state index in [1.807, 2.05) is 110 Å². The van der Waals surface area contributed by atoms with Crippen molar-refractivity contribution in [1.82, 2.24) is 0 Å². The second kappa shape index (κ2) is 14.9. The van der Waals surface area contributed by atoms with Crippen molar-refractivity contribution in [2.24, 2.45) is 0 Å². The molecule has 218 valence electrons. The van der Waals surface area contributed by atoms with Crippen molar-refractivity contribution in [2.75, 3.05) is 6.61 Å². The van der Waals surface area contributed by atoms with Gasteiger partial charge >= 0.3 is 5.97 Å². The number of aryl methyl sites for hydroxylation is 1. The summed E-state index contributed by atoms with van der Waals surface area (Å²) in [5.41, 5.74) is 4.29. The Morgan fingerprint density at radius 3 is 1.71 bits per heavy atom. The van der Waals surface area contributed by atoms with E-state index in [0.717, 1.165) is 22.3 Å². The average Bonchev–Trinajstić information content (AvgIpc) is 3.02. The van der Waals surface area contributed by atoms with E-state index in [1.54, 1.807) is 12.1 Å². The first-order chi connectivity index (χ1) is 20.6. The fraction of sp³-hybridized carbons (Fsp3) is 0.286. The van der Waals surface area contributed by atoms with Gasteiger partial charge in [-0.2, -0.15) is 0 Å². The molecule has 0 aromatic heterocycles. The van der Waals surface area contributed by atoms with Gasteiger partial charge in [0.2, 0.25) is 0 Å². The summed E-state index contributed by atoms with van der Waals surface area (Å²) >= 11 is 0. The second-order valence-electron chi connectivity index (χ2n) is 10.3. The quantitative estimate of drug-likeness (QED) is 0.222. The van der Waals surface area contributed by atoms with E-state index in [2.05, 4.69) is 0 Å². The number of rotatable bonds is 12. The van der Waals surface area contributed by atoms with Gasteiger partial charge in [-0.25, -0.2) is 4.79 Å². The molecule has 1 aliphatic heterocycles. The molecule has 1 aliphatic rings. The lowest BCUT2D eigenvalue weighted by molar-refractivity contribution is -0.306. The average molecular weight is 569 g/mol. The molecule has 7 heteroatoms. The molecule has 0 spiro atoms. The molecule has 1 N–H and O–H groups in total. The number of ether oxygens (including phenoxy) is 5. The number of benzene rings is 4. The van der Waals surface area contributed by atoms with Crippen LogP contribution in [0.1, 0.15) is 32.6 Å². The van der Waals surface area contributed by atoms with Crippen molar-refractivity contribution in [3.05, 3.63) is 143 Å². The summed E-state index contributed by atoms with van der Waals surface area (Å²) in [5.74, 6) is -0.587. The molecule has 5 atom stereocenters. The van der Waals surface area contributed by atoms with E-state index >= 15 is 0 Å². The highest BCUT2D eigenvalue weighted by Gasteiger charge is 2.49. The minimum Gasteiger partial charge on any atom is -0.450 e. The van der Waals surface area contributed by atoms with Crippen LogP contribution < -0.4 is 0 Å². The van der Waals surface area contributed by atoms with Crippen LogP contribution in [0.15, 0.2) is 115 Å². The Labute approximate surface area is 246 Å². The Kier molecular flexibility index (Phi) is 10.5. The highest BCUT2D eigenvalue weighted by atomic mass is 16.7. The summed E-state index contributed by atoms with van der Waals surface area (Å²) in [4.78, 5) is 13.2. The molecular formula is C35H36O7. The van der Waals surface area contributed by atoms with Crippen molar-refractivity contribution < 1.29 is 33.6 Å². The lowest BCUT2D eigenvalue weighted by atomic mass is 9.98. The zero-order chi connectivity index (χ0) is 29.1. The third kappa shape index (κ3) is 8.12. The Hall–Kier alpha value is -3.85. The van der Waals surface area contributed by atoms with Gasteiger partial charge in [-0.15, -0.1) is 0 Å². The first kappa shape index (κ1) is 29.6. The molecule has 5 rings (SSSR count). The monoisotopic (exact) mass is 568 g/mol. The highest BCUT2D eigenvalue weighted by Crippen LogP contribution is 2.30. The van der Waals surface area contributed by atoms with Gasteiger partial charge in [0, 0.05) is 0 Å². The molecule has 1 saturated heterocycles. The SMILES string of the molecule is Cc1ccc(C(=O)O[C@@H]2[C@@H](OCc3ccccc3)[C@H](OCc3ccccc3)[C@@H](COCc3ccccc3)O[C@H]2O)cc1. The van der Waals surface area contributed by atoms with Crippen LogP contribution in [-0.4, -0.2) is 48.4 Å². The molecule has 0 saturated carbocycles. The molecule has 0 bridgehead atoms. The van der Waals surface area contributed by atoms with Crippen LogP contribution >= 0.6 is 0 Å². The predicted molar refractivity (Wildman–Crippen MR) is 157 cm³/mol. The van der Waals surface area contributed by atoms with E-state index in [4.69, 9.17) is 23.7 Å². The number of aliphatic hydroxyl groups is 1. The standard InChI is InChI=1S/C35H36O7/c1-25-17-19-29(20-18-25)34(36)42-33-32(40-23-28-15-9-4-10-16-28)31(39-22-27-13-7-3-8-14-27)30(41-35(33)37)24-38-21-26-11-5-2-6-12-26/h2-20,30-33,35,37H,21-24H2,1H3/t30-,31-,32+,33-,35-/m1/s1. The van der Waals surface area contributed by atoms with Gasteiger partial charge in [0.05, 0.1) is 32.0 Å². The van der Waals surface area contributed by atoms with E-state index in [9.17, 15) is 9.90 Å². The van der Waals surface area contributed by atoms with E-state index in [0.29, 0.717) is 12.2 Å². The Morgan fingerprint density at radius 1 is 0.667 bits per heavy atom. The molecule has 4 aromatic rings. The number of carbonyl (C=O) groups is 1. The first-order valence-corrected chi connectivity index (χ1v) is 14.1. The summed E-state index contributed by atoms with van der Waals surface area (Å²) < 4.78 is 30.8. The van der Waals surface area contributed by atoms with Crippen molar-refractivity contribution in [3.8, 4) is 0 Å². The molecule has 0 amide bonds. The number of aliphatic hydroxyl groups excluding tert-OH is 1. The third-order valence-electron chi connectivity index (χ3n) is 7.10. The maximum atomic E-state index is 13.2. The molecule has 42 heavy (non-hydrogen) atoms. The molecule has 0 aliphatic carbocycles. The van der Waals surface area contributed by atoms with Crippen LogP contribution in [0.4, 0.5) is 0 Å². The molecule has 0 unspecified atom stereocenters. The predicted octanol–water partition coefficient (Wildman–Crippen LogP) is 5.63. The number of carbonyl (C=O) groups excluding carboxylic acids is 1. The summed E-state index contributed by atoms with van der Waals surface area (Å²) in [7, 11) is 0. The molecule has 7 nitrogen and oxygen atoms in total. The fourth-order valence-electron chi connectivity index (χ4n) is 4.83. The van der Waals surface area contributed by atoms with Crippen LogP contribution in [0, 0.1) is 6.92 Å². The summed E-state index contributed by atoms with van der Waals surface area (Å²) in [5, 5.41) is 11.2. The lowest BCUT2D eigenvalue weighted by Crippen LogP contribution is -2.61. The summed E-state index contributed by atoms with van der Waals surface area (Å²) in [6, 6.07) is 36.3. The van der Waals surface area contributed by atoms with Gasteiger partial charge in [0.15, 0.2) is 12.4 Å². The molecule has 4 aromatic carbocycles. The van der Waals surface area contributed by atoms with Crippen molar-refractivity contribution in [3.63, 3.8) is 0 Å². The van der Waals surface area contributed by atoms with Gasteiger partial charge in [-0.05, 0) is 35.7 Å². The van der Waals surface area contributed by atoms with Gasteiger partial charge < -0.3 is 28.8 Å². The van der Waals surface area contributed by atoms with Crippen LogP contribution in [0.5, 0.6) is 0 Å². The number of esters is 1. The van der Waals surface area contributed by atoms with Crippen molar-refractivity contribution in [2.45, 2.75) is 57.5 Å². The first-order valence-electron chi connectivity index (χ1n) is 14.1. The third-order valence-corrected chi connectivity index (χ3v) is 7.10. The van der Waals surface area contributed by atoms with Gasteiger partial charge in [0.1, 0.15) is 18.3 Å². The van der Waals surface area contributed by atoms with Crippen molar-refractivity contribution >= 4 is 5.97 Å². The van der Waals surface area contributed by atoms with Crippen LogP contribution in [0.2, 0.25) is 0 Å². The molecular weight excluding hydrogens is 532 g/mol. The fourth-order valence-corrected chi connectivity index (χ4v) is 4.83. The smallest absolute Gasteiger partial charge is 0.338 e. The number of hydrogen-bond donors (Lipinski definition) is 1. The van der Waals surface area contributed by atoms with Gasteiger partial charge in [-0.3, -0.25) is 0 Å². The zero-order valence-electron chi connectivity index (χ0n) is 23.6. The topological polar surface area (TPSA) is 83.5 Å². The Bertz CT molecular complexity index is 1360. The van der Waals surface area contributed by atoms with Crippen molar-refractivity contribution in [1.29, 1.82) is 0 Å². The molecule has 0 radical (unpaired) electrons. The van der Waals surface area contributed by atoms with E-state index in [-0.39, 0.29) is 19.8 Å². The summed E-state index contributed by atoms with van der Waals surface area (Å²) in [6.45, 7) is 2.93. The van der Waals surface area contributed by atoms with E-state index < -0.39 is 36.7 Å². The zero-order valence-corrected chi connectivity index (χ0v) is 23.6. The minimum atomic E-state index is -1.46. The lowest BCUT2D eigenvalue weighted by Gasteiger charge is -2.44. The normalized spacial score (nSPS) is 22.0. The molecule has 1 heterocycles. The maximum Gasteiger partial charge on any atom is 0.338 e. The van der Waals surface area contributed by atoms with Crippen LogP contribution in [-0.2, 0) is 43.5 Å². The summed E-state index contributed by atoms with van der Waals surface area (Å²) in [6.07, 6.45) is -4.86. The highest BCUT2D eigenvalue weighted by molar-refractivity contribution is 5.89. The largest absolute Gasteiger partial charge is 0.450 e.